The lowest BCUT2D eigenvalue weighted by Crippen LogP contribution is -2.25. The summed E-state index contributed by atoms with van der Waals surface area (Å²) in [6, 6.07) is 10.8. The van der Waals surface area contributed by atoms with Gasteiger partial charge in [0.2, 0.25) is 0 Å². The number of hydrogen-bond donors (Lipinski definition) is 2. The van der Waals surface area contributed by atoms with Crippen LogP contribution in [-0.4, -0.2) is 30.6 Å². The van der Waals surface area contributed by atoms with Crippen molar-refractivity contribution in [3.05, 3.63) is 42.0 Å². The van der Waals surface area contributed by atoms with Gasteiger partial charge in [-0.1, -0.05) is 31.2 Å². The lowest BCUT2D eigenvalue weighted by molar-refractivity contribution is 0.209. The first kappa shape index (κ1) is 14.8. The highest BCUT2D eigenvalue weighted by Crippen LogP contribution is 2.27. The Labute approximate surface area is 117 Å². The Balaban J connectivity index is 2.42. The molecule has 0 aliphatic carbocycles. The molecular formula is C14H16O5S. The fraction of sp³-hybridized carbons (Fsp3) is 0.286. The fourth-order valence-corrected chi connectivity index (χ4v) is 2.75. The smallest absolute Gasteiger partial charge is 0.292 e. The molecule has 5 nitrogen and oxygen atoms in total. The number of fused-ring (bicyclic) bond motifs is 1. The van der Waals surface area contributed by atoms with E-state index in [0.29, 0.717) is 5.56 Å². The van der Waals surface area contributed by atoms with Gasteiger partial charge in [-0.25, -0.2) is 0 Å². The summed E-state index contributed by atoms with van der Waals surface area (Å²) in [5, 5.41) is 11.5. The second-order valence-corrected chi connectivity index (χ2v) is 6.18. The standard InChI is InChI=1S/C14H16O5S/c1-9(14(15)20(16,17)18)10-3-4-12-8-13(19-2)6-5-11(12)7-10/h3-9,14-15H,1-2H3,(H,16,17,18). The van der Waals surface area contributed by atoms with Crippen LogP contribution in [0.3, 0.4) is 0 Å². The Morgan fingerprint density at radius 3 is 2.30 bits per heavy atom. The first-order chi connectivity index (χ1) is 9.32. The van der Waals surface area contributed by atoms with Crippen molar-refractivity contribution in [1.29, 1.82) is 0 Å². The van der Waals surface area contributed by atoms with Gasteiger partial charge in [0.1, 0.15) is 5.75 Å². The van der Waals surface area contributed by atoms with Crippen LogP contribution >= 0.6 is 0 Å². The second kappa shape index (κ2) is 5.40. The quantitative estimate of drug-likeness (QED) is 0.845. The average molecular weight is 296 g/mol. The van der Waals surface area contributed by atoms with Crippen LogP contribution in [0.5, 0.6) is 5.75 Å². The number of ether oxygens (including phenoxy) is 1. The van der Waals surface area contributed by atoms with Gasteiger partial charge in [-0.2, -0.15) is 8.42 Å². The van der Waals surface area contributed by atoms with Gasteiger partial charge in [0.15, 0.2) is 5.44 Å². The number of aliphatic hydroxyl groups excluding tert-OH is 1. The van der Waals surface area contributed by atoms with E-state index in [2.05, 4.69) is 0 Å². The van der Waals surface area contributed by atoms with Gasteiger partial charge in [0.05, 0.1) is 7.11 Å². The summed E-state index contributed by atoms with van der Waals surface area (Å²) in [5.74, 6) is 0.00720. The second-order valence-electron chi connectivity index (χ2n) is 4.67. The molecule has 0 saturated carbocycles. The van der Waals surface area contributed by atoms with Crippen LogP contribution in [0.1, 0.15) is 18.4 Å². The van der Waals surface area contributed by atoms with E-state index < -0.39 is 21.5 Å². The molecule has 2 atom stereocenters. The zero-order valence-electron chi connectivity index (χ0n) is 11.1. The molecule has 0 amide bonds. The van der Waals surface area contributed by atoms with E-state index in [1.165, 1.54) is 0 Å². The molecule has 0 bridgehead atoms. The predicted octanol–water partition coefficient (Wildman–Crippen LogP) is 2.16. The van der Waals surface area contributed by atoms with E-state index in [1.807, 2.05) is 18.2 Å². The molecule has 0 saturated heterocycles. The molecule has 2 unspecified atom stereocenters. The van der Waals surface area contributed by atoms with Gasteiger partial charge < -0.3 is 9.84 Å². The number of benzene rings is 2. The fourth-order valence-electron chi connectivity index (χ4n) is 2.08. The summed E-state index contributed by atoms with van der Waals surface area (Å²) >= 11 is 0. The number of hydrogen-bond acceptors (Lipinski definition) is 4. The first-order valence-electron chi connectivity index (χ1n) is 6.05. The van der Waals surface area contributed by atoms with Gasteiger partial charge in [-0.3, -0.25) is 4.55 Å². The molecule has 0 heterocycles. The maximum absolute atomic E-state index is 11.0. The van der Waals surface area contributed by atoms with Crippen LogP contribution in [-0.2, 0) is 10.1 Å². The highest BCUT2D eigenvalue weighted by Gasteiger charge is 2.27. The first-order valence-corrected chi connectivity index (χ1v) is 7.55. The molecule has 2 N–H and O–H groups in total. The lowest BCUT2D eigenvalue weighted by atomic mass is 9.98. The van der Waals surface area contributed by atoms with Gasteiger partial charge in [0.25, 0.3) is 10.1 Å². The van der Waals surface area contributed by atoms with Crippen LogP contribution in [0.15, 0.2) is 36.4 Å². The predicted molar refractivity (Wildman–Crippen MR) is 76.5 cm³/mol. The van der Waals surface area contributed by atoms with Gasteiger partial charge in [0, 0.05) is 5.92 Å². The molecule has 0 aliphatic heterocycles. The monoisotopic (exact) mass is 296 g/mol. The summed E-state index contributed by atoms with van der Waals surface area (Å²) in [5.41, 5.74) is -1.20. The summed E-state index contributed by atoms with van der Waals surface area (Å²) in [6.07, 6.45) is 0. The molecule has 0 fully saturated rings. The maximum atomic E-state index is 11.0. The van der Waals surface area contributed by atoms with E-state index in [0.717, 1.165) is 16.5 Å². The van der Waals surface area contributed by atoms with Crippen molar-refractivity contribution in [3.63, 3.8) is 0 Å². The number of rotatable bonds is 4. The molecule has 108 valence electrons. The topological polar surface area (TPSA) is 83.8 Å². The van der Waals surface area contributed by atoms with Crippen molar-refractivity contribution in [2.24, 2.45) is 0 Å². The van der Waals surface area contributed by atoms with E-state index in [1.54, 1.807) is 32.2 Å². The molecule has 0 spiro atoms. The van der Waals surface area contributed by atoms with E-state index in [-0.39, 0.29) is 0 Å². The van der Waals surface area contributed by atoms with E-state index >= 15 is 0 Å². The maximum Gasteiger partial charge on any atom is 0.292 e. The molecule has 20 heavy (non-hydrogen) atoms. The molecular weight excluding hydrogens is 280 g/mol. The zero-order chi connectivity index (χ0) is 14.9. The molecule has 0 aliphatic rings. The van der Waals surface area contributed by atoms with Gasteiger partial charge in [-0.15, -0.1) is 0 Å². The van der Waals surface area contributed by atoms with E-state index in [4.69, 9.17) is 9.29 Å². The van der Waals surface area contributed by atoms with Crippen LogP contribution in [0.4, 0.5) is 0 Å². The van der Waals surface area contributed by atoms with Gasteiger partial charge >= 0.3 is 0 Å². The van der Waals surface area contributed by atoms with Crippen LogP contribution in [0.25, 0.3) is 10.8 Å². The third-order valence-corrected chi connectivity index (χ3v) is 4.35. The minimum atomic E-state index is -4.48. The summed E-state index contributed by atoms with van der Waals surface area (Å²) in [4.78, 5) is 0. The summed E-state index contributed by atoms with van der Waals surface area (Å²) < 4.78 is 36.0. The van der Waals surface area contributed by atoms with Crippen molar-refractivity contribution >= 4 is 20.9 Å². The normalized spacial score (nSPS) is 15.0. The Bertz CT molecular complexity index is 723. The summed E-state index contributed by atoms with van der Waals surface area (Å²) in [6.45, 7) is 1.54. The third-order valence-electron chi connectivity index (χ3n) is 3.33. The van der Waals surface area contributed by atoms with Crippen molar-refractivity contribution in [2.75, 3.05) is 7.11 Å². The Hall–Kier alpha value is -1.63. The number of methoxy groups -OCH3 is 1. The molecule has 0 aromatic heterocycles. The van der Waals surface area contributed by atoms with Crippen molar-refractivity contribution in [2.45, 2.75) is 18.3 Å². The SMILES string of the molecule is COc1ccc2cc(C(C)C(O)S(=O)(=O)O)ccc2c1. The van der Waals surface area contributed by atoms with E-state index in [9.17, 15) is 13.5 Å². The zero-order valence-corrected chi connectivity index (χ0v) is 12.0. The number of aliphatic hydroxyl groups is 1. The molecule has 2 rings (SSSR count). The van der Waals surface area contributed by atoms with Crippen LogP contribution < -0.4 is 4.74 Å². The Morgan fingerprint density at radius 2 is 1.70 bits per heavy atom. The lowest BCUT2D eigenvalue weighted by Gasteiger charge is -2.17. The van der Waals surface area contributed by atoms with Crippen LogP contribution in [0.2, 0.25) is 0 Å². The highest BCUT2D eigenvalue weighted by atomic mass is 32.2. The van der Waals surface area contributed by atoms with Crippen molar-refractivity contribution in [1.82, 2.24) is 0 Å². The van der Waals surface area contributed by atoms with Crippen molar-refractivity contribution in [3.8, 4) is 5.75 Å². The Kier molecular flexibility index (Phi) is 3.99. The highest BCUT2D eigenvalue weighted by molar-refractivity contribution is 7.86. The van der Waals surface area contributed by atoms with Gasteiger partial charge in [-0.05, 0) is 28.5 Å². The molecule has 2 aromatic carbocycles. The van der Waals surface area contributed by atoms with Crippen LogP contribution in [0, 0.1) is 0 Å². The molecule has 6 heteroatoms. The Morgan fingerprint density at radius 1 is 1.10 bits per heavy atom. The minimum Gasteiger partial charge on any atom is -0.497 e. The minimum absolute atomic E-state index is 0.632. The largest absolute Gasteiger partial charge is 0.497 e. The average Bonchev–Trinajstić information content (AvgIpc) is 2.43. The van der Waals surface area contributed by atoms with Crippen molar-refractivity contribution < 1.29 is 22.8 Å². The molecule has 2 aromatic rings. The third kappa shape index (κ3) is 2.92. The summed E-state index contributed by atoms with van der Waals surface area (Å²) in [7, 11) is -2.90. The molecule has 0 radical (unpaired) electrons.